The summed E-state index contributed by atoms with van der Waals surface area (Å²) in [6.45, 7) is 1.79. The molecule has 2 aromatic carbocycles. The van der Waals surface area contributed by atoms with Crippen molar-refractivity contribution in [2.24, 2.45) is 0 Å². The van der Waals surface area contributed by atoms with Gasteiger partial charge >= 0.3 is 0 Å². The van der Waals surface area contributed by atoms with Crippen molar-refractivity contribution in [2.75, 3.05) is 27.2 Å². The Bertz CT molecular complexity index is 631. The summed E-state index contributed by atoms with van der Waals surface area (Å²) in [5.74, 6) is 0.904. The molecule has 0 radical (unpaired) electrons. The van der Waals surface area contributed by atoms with Crippen LogP contribution in [0.4, 0.5) is 0 Å². The summed E-state index contributed by atoms with van der Waals surface area (Å²) in [6, 6.07) is 17.9. The molecule has 114 valence electrons. The normalized spacial score (nSPS) is 25.1. The fraction of sp³-hybridized carbons (Fsp3) is 0.400. The minimum Gasteiger partial charge on any atom is -0.376 e. The van der Waals surface area contributed by atoms with E-state index in [0.29, 0.717) is 17.9 Å². The van der Waals surface area contributed by atoms with Gasteiger partial charge in [-0.3, -0.25) is 0 Å². The molecule has 0 aliphatic heterocycles. The van der Waals surface area contributed by atoms with Gasteiger partial charge < -0.3 is 9.64 Å². The van der Waals surface area contributed by atoms with Crippen LogP contribution >= 0.6 is 0 Å². The molecule has 5 rings (SSSR count). The molecule has 0 saturated carbocycles. The minimum atomic E-state index is 0.315. The molecule has 0 aromatic heterocycles. The molecule has 0 amide bonds. The summed E-state index contributed by atoms with van der Waals surface area (Å²) in [5.41, 5.74) is 5.98. The van der Waals surface area contributed by atoms with Crippen LogP contribution in [0, 0.1) is 0 Å². The number of likely N-dealkylation sites (N-methyl/N-ethyl adjacent to an activating group) is 1. The van der Waals surface area contributed by atoms with Crippen molar-refractivity contribution >= 4 is 0 Å². The van der Waals surface area contributed by atoms with E-state index in [2.05, 4.69) is 67.5 Å². The smallest absolute Gasteiger partial charge is 0.0694 e. The Kier molecular flexibility index (Phi) is 3.51. The zero-order valence-electron chi connectivity index (χ0n) is 13.3. The van der Waals surface area contributed by atoms with Crippen molar-refractivity contribution < 1.29 is 4.74 Å². The predicted octanol–water partition coefficient (Wildman–Crippen LogP) is 3.61. The highest BCUT2D eigenvalue weighted by Crippen LogP contribution is 2.53. The maximum Gasteiger partial charge on any atom is 0.0694 e. The molecule has 0 saturated heterocycles. The van der Waals surface area contributed by atoms with Crippen LogP contribution in [-0.4, -0.2) is 38.3 Å². The van der Waals surface area contributed by atoms with Crippen molar-refractivity contribution in [3.63, 3.8) is 0 Å². The first-order valence-corrected chi connectivity index (χ1v) is 8.19. The third-order valence-electron chi connectivity index (χ3n) is 5.12. The van der Waals surface area contributed by atoms with Gasteiger partial charge in [-0.2, -0.15) is 0 Å². The zero-order valence-corrected chi connectivity index (χ0v) is 13.3. The summed E-state index contributed by atoms with van der Waals surface area (Å²) >= 11 is 0. The quantitative estimate of drug-likeness (QED) is 0.854. The first-order chi connectivity index (χ1) is 10.8. The van der Waals surface area contributed by atoms with Crippen LogP contribution in [-0.2, 0) is 4.74 Å². The molecule has 2 aromatic rings. The summed E-state index contributed by atoms with van der Waals surface area (Å²) in [6.07, 6.45) is 1.43. The lowest BCUT2D eigenvalue weighted by Gasteiger charge is -2.45. The first kappa shape index (κ1) is 14.0. The van der Waals surface area contributed by atoms with Gasteiger partial charge in [0.1, 0.15) is 0 Å². The van der Waals surface area contributed by atoms with E-state index in [1.54, 1.807) is 0 Å². The maximum atomic E-state index is 6.30. The SMILES string of the molecule is CN(C)CCO[C@@H]1CC2c3ccccc3C1c1ccccc12. The van der Waals surface area contributed by atoms with Crippen molar-refractivity contribution in [3.8, 4) is 0 Å². The van der Waals surface area contributed by atoms with E-state index in [4.69, 9.17) is 4.74 Å². The van der Waals surface area contributed by atoms with E-state index in [0.717, 1.165) is 19.6 Å². The van der Waals surface area contributed by atoms with Crippen LogP contribution in [0.1, 0.15) is 40.5 Å². The topological polar surface area (TPSA) is 12.5 Å². The lowest BCUT2D eigenvalue weighted by Crippen LogP contribution is -2.38. The number of benzene rings is 2. The number of nitrogens with zero attached hydrogens (tertiary/aromatic N) is 1. The minimum absolute atomic E-state index is 0.315. The van der Waals surface area contributed by atoms with Crippen LogP contribution in [0.15, 0.2) is 48.5 Å². The largest absolute Gasteiger partial charge is 0.376 e. The highest BCUT2D eigenvalue weighted by Gasteiger charge is 2.43. The molecular formula is C20H23NO. The average Bonchev–Trinajstić information content (AvgIpc) is 2.55. The Morgan fingerprint density at radius 2 is 1.45 bits per heavy atom. The fourth-order valence-corrected chi connectivity index (χ4v) is 4.13. The van der Waals surface area contributed by atoms with E-state index in [9.17, 15) is 0 Å². The zero-order chi connectivity index (χ0) is 15.1. The molecule has 0 fully saturated rings. The van der Waals surface area contributed by atoms with Gasteiger partial charge in [0.15, 0.2) is 0 Å². The molecule has 2 bridgehead atoms. The van der Waals surface area contributed by atoms with Gasteiger partial charge in [-0.05, 0) is 42.8 Å². The number of hydrogen-bond donors (Lipinski definition) is 0. The molecule has 1 atom stereocenters. The third kappa shape index (κ3) is 2.18. The molecule has 3 aliphatic carbocycles. The summed E-state index contributed by atoms with van der Waals surface area (Å²) < 4.78 is 6.30. The van der Waals surface area contributed by atoms with E-state index in [-0.39, 0.29) is 0 Å². The van der Waals surface area contributed by atoms with Crippen molar-refractivity contribution in [2.45, 2.75) is 24.4 Å². The van der Waals surface area contributed by atoms with Gasteiger partial charge in [0.2, 0.25) is 0 Å². The van der Waals surface area contributed by atoms with E-state index in [1.165, 1.54) is 22.3 Å². The molecule has 3 aliphatic rings. The van der Waals surface area contributed by atoms with Crippen LogP contribution in [0.5, 0.6) is 0 Å². The van der Waals surface area contributed by atoms with Crippen molar-refractivity contribution in [1.29, 1.82) is 0 Å². The van der Waals surface area contributed by atoms with Crippen molar-refractivity contribution in [1.82, 2.24) is 4.90 Å². The standard InChI is InChI=1S/C20H23NO/c1-21(2)11-12-22-19-13-18-14-7-3-5-9-16(14)20(19)17-10-6-4-8-15(17)18/h3-10,18-20H,11-13H2,1-2H3/t18?,19-,20?/m1/s1. The number of ether oxygens (including phenoxy) is 1. The molecule has 0 unspecified atom stereocenters. The molecular weight excluding hydrogens is 270 g/mol. The maximum absolute atomic E-state index is 6.30. The lowest BCUT2D eigenvalue weighted by atomic mass is 9.62. The predicted molar refractivity (Wildman–Crippen MR) is 89.5 cm³/mol. The van der Waals surface area contributed by atoms with Crippen molar-refractivity contribution in [3.05, 3.63) is 70.8 Å². The monoisotopic (exact) mass is 293 g/mol. The van der Waals surface area contributed by atoms with Gasteiger partial charge in [-0.25, -0.2) is 0 Å². The Morgan fingerprint density at radius 1 is 0.909 bits per heavy atom. The molecule has 22 heavy (non-hydrogen) atoms. The van der Waals surface area contributed by atoms with E-state index < -0.39 is 0 Å². The number of rotatable bonds is 4. The third-order valence-corrected chi connectivity index (χ3v) is 5.12. The molecule has 0 heterocycles. The molecule has 2 heteroatoms. The van der Waals surface area contributed by atoms with E-state index in [1.807, 2.05) is 0 Å². The van der Waals surface area contributed by atoms with Crippen LogP contribution in [0.2, 0.25) is 0 Å². The Labute approximate surface area is 132 Å². The Hall–Kier alpha value is -1.64. The Balaban J connectivity index is 1.70. The average molecular weight is 293 g/mol. The molecule has 0 N–H and O–H groups in total. The van der Waals surface area contributed by atoms with Gasteiger partial charge in [0, 0.05) is 18.4 Å². The molecule has 2 nitrogen and oxygen atoms in total. The van der Waals surface area contributed by atoms with E-state index >= 15 is 0 Å². The summed E-state index contributed by atoms with van der Waals surface area (Å²) in [7, 11) is 4.20. The number of fused-ring (bicyclic) bond motifs is 1. The van der Waals surface area contributed by atoms with Gasteiger partial charge in [0.25, 0.3) is 0 Å². The highest BCUT2D eigenvalue weighted by molar-refractivity contribution is 5.56. The number of hydrogen-bond acceptors (Lipinski definition) is 2. The second-order valence-electron chi connectivity index (χ2n) is 6.74. The van der Waals surface area contributed by atoms with Gasteiger partial charge in [-0.15, -0.1) is 0 Å². The van der Waals surface area contributed by atoms with Gasteiger partial charge in [-0.1, -0.05) is 48.5 Å². The van der Waals surface area contributed by atoms with Crippen LogP contribution < -0.4 is 0 Å². The first-order valence-electron chi connectivity index (χ1n) is 8.19. The molecule has 0 spiro atoms. The van der Waals surface area contributed by atoms with Crippen LogP contribution in [0.25, 0.3) is 0 Å². The second-order valence-corrected chi connectivity index (χ2v) is 6.74. The van der Waals surface area contributed by atoms with Gasteiger partial charge in [0.05, 0.1) is 12.7 Å². The summed E-state index contributed by atoms with van der Waals surface area (Å²) in [4.78, 5) is 2.18. The highest BCUT2D eigenvalue weighted by atomic mass is 16.5. The Morgan fingerprint density at radius 3 is 2.00 bits per heavy atom. The second kappa shape index (κ2) is 5.53. The fourth-order valence-electron chi connectivity index (χ4n) is 4.13. The van der Waals surface area contributed by atoms with Crippen LogP contribution in [0.3, 0.4) is 0 Å². The lowest BCUT2D eigenvalue weighted by molar-refractivity contribution is 0.0168. The summed E-state index contributed by atoms with van der Waals surface area (Å²) in [5, 5.41) is 0.